The molecule has 2 aromatic carbocycles. The second-order valence-electron chi connectivity index (χ2n) is 8.19. The minimum absolute atomic E-state index is 0.0562. The fourth-order valence-corrected chi connectivity index (χ4v) is 5.00. The molecule has 2 atom stereocenters. The van der Waals surface area contributed by atoms with Gasteiger partial charge in [-0.15, -0.1) is 6.58 Å². The summed E-state index contributed by atoms with van der Waals surface area (Å²) in [5, 5.41) is 2.62. The molecule has 2 aromatic rings. The van der Waals surface area contributed by atoms with Crippen LogP contribution in [0.4, 0.5) is 0 Å². The van der Waals surface area contributed by atoms with Gasteiger partial charge in [0.25, 0.3) is 0 Å². The van der Waals surface area contributed by atoms with Crippen molar-refractivity contribution in [3.05, 3.63) is 78.4 Å². The standard InChI is InChI=1S/C25H32N2O5S/c1-6-16-27(33(30,31)22-14-12-19(4)13-15-22)23(18(2)3)24(28)26-20(5)25(29)32-17-21-10-8-7-9-11-21/h6-15,18,20,23H,1,16-17H2,2-5H3,(H,26,28). The smallest absolute Gasteiger partial charge is 0.328 e. The summed E-state index contributed by atoms with van der Waals surface area (Å²) in [4.78, 5) is 25.7. The van der Waals surface area contributed by atoms with E-state index in [4.69, 9.17) is 4.74 Å². The number of nitrogens with zero attached hydrogens (tertiary/aromatic N) is 1. The lowest BCUT2D eigenvalue weighted by molar-refractivity contribution is -0.149. The molecule has 33 heavy (non-hydrogen) atoms. The minimum atomic E-state index is -3.99. The van der Waals surface area contributed by atoms with Crippen molar-refractivity contribution >= 4 is 21.9 Å². The summed E-state index contributed by atoms with van der Waals surface area (Å²) in [6, 6.07) is 13.6. The van der Waals surface area contributed by atoms with Gasteiger partial charge in [-0.3, -0.25) is 4.79 Å². The number of esters is 1. The summed E-state index contributed by atoms with van der Waals surface area (Å²) in [5.74, 6) is -1.55. The maximum Gasteiger partial charge on any atom is 0.328 e. The van der Waals surface area contributed by atoms with Crippen molar-refractivity contribution in [2.75, 3.05) is 6.54 Å². The molecular weight excluding hydrogens is 440 g/mol. The molecule has 0 aliphatic rings. The predicted octanol–water partition coefficient (Wildman–Crippen LogP) is 3.44. The Labute approximate surface area is 196 Å². The fourth-order valence-electron chi connectivity index (χ4n) is 3.31. The number of carbonyl (C=O) groups is 2. The maximum atomic E-state index is 13.4. The van der Waals surface area contributed by atoms with Crippen LogP contribution in [0.1, 0.15) is 31.9 Å². The van der Waals surface area contributed by atoms with Crippen molar-refractivity contribution in [1.82, 2.24) is 9.62 Å². The number of hydrogen-bond donors (Lipinski definition) is 1. The Morgan fingerprint density at radius 1 is 1.06 bits per heavy atom. The first-order valence-electron chi connectivity index (χ1n) is 10.8. The van der Waals surface area contributed by atoms with Gasteiger partial charge in [0.2, 0.25) is 15.9 Å². The molecule has 0 aliphatic carbocycles. The van der Waals surface area contributed by atoms with E-state index in [9.17, 15) is 18.0 Å². The average molecular weight is 473 g/mol. The Kier molecular flexibility index (Phi) is 9.37. The molecule has 0 spiro atoms. The number of sulfonamides is 1. The molecule has 1 N–H and O–H groups in total. The molecule has 0 aliphatic heterocycles. The van der Waals surface area contributed by atoms with Crippen LogP contribution >= 0.6 is 0 Å². The highest BCUT2D eigenvalue weighted by molar-refractivity contribution is 7.89. The Bertz CT molecular complexity index is 1050. The first-order valence-corrected chi connectivity index (χ1v) is 12.2. The summed E-state index contributed by atoms with van der Waals surface area (Å²) < 4.78 is 33.1. The van der Waals surface area contributed by atoms with Crippen LogP contribution in [0.3, 0.4) is 0 Å². The Balaban J connectivity index is 2.19. The number of carbonyl (C=O) groups excluding carboxylic acids is 2. The van der Waals surface area contributed by atoms with E-state index in [1.165, 1.54) is 25.1 Å². The molecule has 0 saturated carbocycles. The van der Waals surface area contributed by atoms with Crippen LogP contribution in [-0.2, 0) is 31.0 Å². The largest absolute Gasteiger partial charge is 0.459 e. The van der Waals surface area contributed by atoms with Gasteiger partial charge in [0.05, 0.1) is 4.90 Å². The molecule has 7 nitrogen and oxygen atoms in total. The topological polar surface area (TPSA) is 92.8 Å². The minimum Gasteiger partial charge on any atom is -0.459 e. The molecular formula is C25H32N2O5S. The molecule has 0 saturated heterocycles. The van der Waals surface area contributed by atoms with Crippen molar-refractivity contribution in [2.24, 2.45) is 5.92 Å². The van der Waals surface area contributed by atoms with Crippen LogP contribution in [-0.4, -0.2) is 43.2 Å². The predicted molar refractivity (Wildman–Crippen MR) is 128 cm³/mol. The number of hydrogen-bond acceptors (Lipinski definition) is 5. The van der Waals surface area contributed by atoms with E-state index in [1.807, 2.05) is 37.3 Å². The van der Waals surface area contributed by atoms with Crippen LogP contribution in [0.2, 0.25) is 0 Å². The second kappa shape index (κ2) is 11.8. The number of aryl methyl sites for hydroxylation is 1. The van der Waals surface area contributed by atoms with Crippen molar-refractivity contribution in [1.29, 1.82) is 0 Å². The van der Waals surface area contributed by atoms with Crippen LogP contribution in [0.25, 0.3) is 0 Å². The number of benzene rings is 2. The van der Waals surface area contributed by atoms with Gasteiger partial charge in [0.1, 0.15) is 18.7 Å². The van der Waals surface area contributed by atoms with E-state index >= 15 is 0 Å². The highest BCUT2D eigenvalue weighted by atomic mass is 32.2. The van der Waals surface area contributed by atoms with Gasteiger partial charge in [-0.1, -0.05) is 68.0 Å². The van der Waals surface area contributed by atoms with Gasteiger partial charge >= 0.3 is 5.97 Å². The molecule has 2 rings (SSSR count). The Hall–Kier alpha value is -2.97. The zero-order chi connectivity index (χ0) is 24.6. The third kappa shape index (κ3) is 7.00. The molecule has 178 valence electrons. The summed E-state index contributed by atoms with van der Waals surface area (Å²) >= 11 is 0. The van der Waals surface area contributed by atoms with Gasteiger partial charge in [-0.25, -0.2) is 13.2 Å². The fraction of sp³-hybridized carbons (Fsp3) is 0.360. The lowest BCUT2D eigenvalue weighted by atomic mass is 10.0. The Morgan fingerprint density at radius 3 is 2.21 bits per heavy atom. The Morgan fingerprint density at radius 2 is 1.67 bits per heavy atom. The highest BCUT2D eigenvalue weighted by Crippen LogP contribution is 2.23. The maximum absolute atomic E-state index is 13.4. The van der Waals surface area contributed by atoms with Gasteiger partial charge in [-0.2, -0.15) is 4.31 Å². The molecule has 2 unspecified atom stereocenters. The van der Waals surface area contributed by atoms with Gasteiger partial charge in [0.15, 0.2) is 0 Å². The van der Waals surface area contributed by atoms with Gasteiger partial charge in [0, 0.05) is 6.54 Å². The summed E-state index contributed by atoms with van der Waals surface area (Å²) in [6.45, 7) is 10.6. The van der Waals surface area contributed by atoms with Gasteiger partial charge < -0.3 is 10.1 Å². The highest BCUT2D eigenvalue weighted by Gasteiger charge is 2.38. The number of rotatable bonds is 11. The van der Waals surface area contributed by atoms with E-state index in [-0.39, 0.29) is 24.0 Å². The van der Waals surface area contributed by atoms with Gasteiger partial charge in [-0.05, 0) is 37.5 Å². The second-order valence-corrected chi connectivity index (χ2v) is 10.1. The summed E-state index contributed by atoms with van der Waals surface area (Å²) in [5.41, 5.74) is 1.75. The summed E-state index contributed by atoms with van der Waals surface area (Å²) in [6.07, 6.45) is 1.44. The van der Waals surface area contributed by atoms with E-state index in [0.29, 0.717) is 0 Å². The van der Waals surface area contributed by atoms with Crippen molar-refractivity contribution < 1.29 is 22.7 Å². The molecule has 0 bridgehead atoms. The lowest BCUT2D eigenvalue weighted by Crippen LogP contribution is -2.55. The number of nitrogens with one attached hydrogen (secondary N) is 1. The molecule has 0 radical (unpaired) electrons. The SMILES string of the molecule is C=CCN(C(C(=O)NC(C)C(=O)OCc1ccccc1)C(C)C)S(=O)(=O)c1ccc(C)cc1. The molecule has 0 aromatic heterocycles. The van der Waals surface area contributed by atoms with E-state index in [1.54, 1.807) is 26.0 Å². The van der Waals surface area contributed by atoms with Crippen LogP contribution in [0.5, 0.6) is 0 Å². The number of amides is 1. The molecule has 8 heteroatoms. The monoisotopic (exact) mass is 472 g/mol. The van der Waals surface area contributed by atoms with Crippen molar-refractivity contribution in [3.63, 3.8) is 0 Å². The molecule has 0 fully saturated rings. The van der Waals surface area contributed by atoms with Crippen molar-refractivity contribution in [3.8, 4) is 0 Å². The van der Waals surface area contributed by atoms with E-state index in [0.717, 1.165) is 15.4 Å². The van der Waals surface area contributed by atoms with Crippen LogP contribution in [0, 0.1) is 12.8 Å². The third-order valence-electron chi connectivity index (χ3n) is 5.08. The van der Waals surface area contributed by atoms with E-state index in [2.05, 4.69) is 11.9 Å². The van der Waals surface area contributed by atoms with E-state index < -0.39 is 34.0 Å². The first-order chi connectivity index (χ1) is 15.6. The van der Waals surface area contributed by atoms with Crippen LogP contribution in [0.15, 0.2) is 72.1 Å². The van der Waals surface area contributed by atoms with Crippen molar-refractivity contribution in [2.45, 2.75) is 51.3 Å². The molecule has 0 heterocycles. The third-order valence-corrected chi connectivity index (χ3v) is 6.94. The lowest BCUT2D eigenvalue weighted by Gasteiger charge is -2.32. The zero-order valence-electron chi connectivity index (χ0n) is 19.5. The summed E-state index contributed by atoms with van der Waals surface area (Å²) in [7, 11) is -3.99. The van der Waals surface area contributed by atoms with Crippen LogP contribution < -0.4 is 5.32 Å². The number of ether oxygens (including phenoxy) is 1. The normalized spacial score (nSPS) is 13.4. The average Bonchev–Trinajstić information content (AvgIpc) is 2.77. The first kappa shape index (κ1) is 26.3. The zero-order valence-corrected chi connectivity index (χ0v) is 20.3. The molecule has 1 amide bonds. The quantitative estimate of drug-likeness (QED) is 0.399.